The number of rotatable bonds is 3. The Kier molecular flexibility index (Phi) is 3.98. The molecule has 1 fully saturated rings. The van der Waals surface area contributed by atoms with Gasteiger partial charge in [0.1, 0.15) is 4.90 Å². The van der Waals surface area contributed by atoms with Gasteiger partial charge in [0.25, 0.3) is 0 Å². The Bertz CT molecular complexity index is 559. The molecule has 0 bridgehead atoms. The number of nitrogens with one attached hydrogen (secondary N) is 1. The third-order valence-corrected chi connectivity index (χ3v) is 4.11. The third kappa shape index (κ3) is 3.59. The lowest BCUT2D eigenvalue weighted by Gasteiger charge is -2.29. The summed E-state index contributed by atoms with van der Waals surface area (Å²) in [5.41, 5.74) is 6.48. The van der Waals surface area contributed by atoms with Crippen molar-refractivity contribution >= 4 is 21.4 Å². The number of benzene rings is 1. The second-order valence-corrected chi connectivity index (χ2v) is 6.38. The van der Waals surface area contributed by atoms with Crippen molar-refractivity contribution < 1.29 is 13.2 Å². The fraction of sp³-hybridized carbons (Fsp3) is 0.500. The minimum Gasteiger partial charge on any atom is -0.399 e. The zero-order valence-corrected chi connectivity index (χ0v) is 11.6. The van der Waals surface area contributed by atoms with Crippen LogP contribution < -0.4 is 16.2 Å². The first-order chi connectivity index (χ1) is 8.86. The maximum absolute atomic E-state index is 11.6. The van der Waals surface area contributed by atoms with Crippen LogP contribution in [0.3, 0.4) is 0 Å². The predicted octanol–water partition coefficient (Wildman–Crippen LogP) is 0.896. The first kappa shape index (κ1) is 14.1. The van der Waals surface area contributed by atoms with E-state index in [4.69, 9.17) is 15.6 Å². The molecule has 1 aliphatic heterocycles. The number of primary sulfonamides is 1. The van der Waals surface area contributed by atoms with Crippen LogP contribution in [0.2, 0.25) is 0 Å². The minimum atomic E-state index is -3.79. The predicted molar refractivity (Wildman–Crippen MR) is 74.3 cm³/mol. The summed E-state index contributed by atoms with van der Waals surface area (Å²) in [7, 11) is -3.79. The second-order valence-electron chi connectivity index (χ2n) is 4.85. The Morgan fingerprint density at radius 1 is 1.42 bits per heavy atom. The second kappa shape index (κ2) is 5.36. The zero-order chi connectivity index (χ0) is 14.0. The van der Waals surface area contributed by atoms with Gasteiger partial charge < -0.3 is 15.8 Å². The van der Waals surface area contributed by atoms with Crippen molar-refractivity contribution in [2.75, 3.05) is 17.7 Å². The largest absolute Gasteiger partial charge is 0.399 e. The van der Waals surface area contributed by atoms with Crippen molar-refractivity contribution in [3.63, 3.8) is 0 Å². The topological polar surface area (TPSA) is 107 Å². The van der Waals surface area contributed by atoms with Crippen LogP contribution in [0.5, 0.6) is 0 Å². The molecule has 1 heterocycles. The van der Waals surface area contributed by atoms with Gasteiger partial charge in [-0.1, -0.05) is 0 Å². The smallest absolute Gasteiger partial charge is 0.240 e. The van der Waals surface area contributed by atoms with Crippen LogP contribution in [0.4, 0.5) is 11.4 Å². The van der Waals surface area contributed by atoms with E-state index < -0.39 is 10.0 Å². The van der Waals surface area contributed by atoms with Gasteiger partial charge in [-0.05, 0) is 38.0 Å². The van der Waals surface area contributed by atoms with E-state index in [9.17, 15) is 8.42 Å². The molecule has 1 aromatic rings. The summed E-state index contributed by atoms with van der Waals surface area (Å²) in [6.45, 7) is 2.66. The molecule has 0 saturated carbocycles. The summed E-state index contributed by atoms with van der Waals surface area (Å²) in [5.74, 6) is 0. The van der Waals surface area contributed by atoms with Crippen molar-refractivity contribution in [1.29, 1.82) is 0 Å². The molecular weight excluding hydrogens is 266 g/mol. The highest BCUT2D eigenvalue weighted by Crippen LogP contribution is 2.26. The van der Waals surface area contributed by atoms with Crippen LogP contribution in [0.25, 0.3) is 0 Å². The number of hydrogen-bond acceptors (Lipinski definition) is 5. The lowest BCUT2D eigenvalue weighted by Crippen LogP contribution is -2.33. The van der Waals surface area contributed by atoms with E-state index in [-0.39, 0.29) is 17.0 Å². The summed E-state index contributed by atoms with van der Waals surface area (Å²) in [6, 6.07) is 4.85. The molecule has 19 heavy (non-hydrogen) atoms. The molecule has 2 rings (SSSR count). The monoisotopic (exact) mass is 285 g/mol. The molecule has 0 radical (unpaired) electrons. The van der Waals surface area contributed by atoms with Crippen molar-refractivity contribution in [3.8, 4) is 0 Å². The average molecular weight is 285 g/mol. The summed E-state index contributed by atoms with van der Waals surface area (Å²) < 4.78 is 28.6. The van der Waals surface area contributed by atoms with Crippen LogP contribution in [0.1, 0.15) is 19.8 Å². The standard InChI is InChI=1S/C12H19N3O3S/c1-8-6-10(4-5-18-8)15-11-3-2-9(13)7-12(11)19(14,16)17/h2-3,7-8,10,15H,4-6,13H2,1H3,(H2,14,16,17). The minimum absolute atomic E-state index is 0.0339. The third-order valence-electron chi connectivity index (χ3n) is 3.16. The molecule has 0 amide bonds. The van der Waals surface area contributed by atoms with Gasteiger partial charge in [0, 0.05) is 18.3 Å². The molecule has 7 heteroatoms. The van der Waals surface area contributed by atoms with Crippen molar-refractivity contribution in [1.82, 2.24) is 0 Å². The van der Waals surface area contributed by atoms with E-state index in [1.165, 1.54) is 6.07 Å². The summed E-state index contributed by atoms with van der Waals surface area (Å²) >= 11 is 0. The first-order valence-electron chi connectivity index (χ1n) is 6.17. The van der Waals surface area contributed by atoms with E-state index in [0.29, 0.717) is 18.0 Å². The molecule has 1 saturated heterocycles. The fourth-order valence-electron chi connectivity index (χ4n) is 2.24. The fourth-order valence-corrected chi connectivity index (χ4v) is 2.98. The molecule has 0 spiro atoms. The normalized spacial score (nSPS) is 24.1. The molecule has 5 N–H and O–H groups in total. The lowest BCUT2D eigenvalue weighted by molar-refractivity contribution is 0.0232. The number of sulfonamides is 1. The van der Waals surface area contributed by atoms with Gasteiger partial charge in [0.15, 0.2) is 0 Å². The van der Waals surface area contributed by atoms with Crippen molar-refractivity contribution in [2.24, 2.45) is 5.14 Å². The average Bonchev–Trinajstić information content (AvgIpc) is 2.30. The summed E-state index contributed by atoms with van der Waals surface area (Å²) in [5, 5.41) is 8.43. The lowest BCUT2D eigenvalue weighted by atomic mass is 10.0. The molecule has 2 unspecified atom stereocenters. The van der Waals surface area contributed by atoms with E-state index in [1.54, 1.807) is 12.1 Å². The number of anilines is 2. The van der Waals surface area contributed by atoms with Crippen LogP contribution >= 0.6 is 0 Å². The summed E-state index contributed by atoms with van der Waals surface area (Å²) in [4.78, 5) is 0.0339. The Hall–Kier alpha value is -1.31. The van der Waals surface area contributed by atoms with Crippen molar-refractivity contribution in [2.45, 2.75) is 36.8 Å². The zero-order valence-electron chi connectivity index (χ0n) is 10.8. The SMILES string of the molecule is CC1CC(Nc2ccc(N)cc2S(N)(=O)=O)CCO1. The molecule has 1 aromatic carbocycles. The van der Waals surface area contributed by atoms with Crippen LogP contribution in [-0.4, -0.2) is 27.2 Å². The first-order valence-corrected chi connectivity index (χ1v) is 7.71. The van der Waals surface area contributed by atoms with Gasteiger partial charge in [-0.15, -0.1) is 0 Å². The van der Waals surface area contributed by atoms with Crippen LogP contribution in [0.15, 0.2) is 23.1 Å². The molecule has 2 atom stereocenters. The molecule has 1 aliphatic rings. The maximum atomic E-state index is 11.6. The van der Waals surface area contributed by atoms with E-state index >= 15 is 0 Å². The highest BCUT2D eigenvalue weighted by molar-refractivity contribution is 7.89. The molecule has 0 aromatic heterocycles. The number of ether oxygens (including phenoxy) is 1. The van der Waals surface area contributed by atoms with Gasteiger partial charge in [-0.25, -0.2) is 13.6 Å². The van der Waals surface area contributed by atoms with Gasteiger partial charge in [0.05, 0.1) is 11.8 Å². The van der Waals surface area contributed by atoms with Crippen LogP contribution in [-0.2, 0) is 14.8 Å². The Morgan fingerprint density at radius 3 is 2.79 bits per heavy atom. The highest BCUT2D eigenvalue weighted by atomic mass is 32.2. The summed E-state index contributed by atoms with van der Waals surface area (Å²) in [6.07, 6.45) is 1.82. The van der Waals surface area contributed by atoms with Gasteiger partial charge in [0.2, 0.25) is 10.0 Å². The van der Waals surface area contributed by atoms with Gasteiger partial charge in [-0.3, -0.25) is 0 Å². The van der Waals surface area contributed by atoms with E-state index in [1.807, 2.05) is 6.92 Å². The molecule has 6 nitrogen and oxygen atoms in total. The van der Waals surface area contributed by atoms with E-state index in [2.05, 4.69) is 5.32 Å². The van der Waals surface area contributed by atoms with Crippen LogP contribution in [0, 0.1) is 0 Å². The maximum Gasteiger partial charge on any atom is 0.240 e. The molecule has 106 valence electrons. The molecule has 0 aliphatic carbocycles. The quantitative estimate of drug-likeness (QED) is 0.715. The number of hydrogen-bond donors (Lipinski definition) is 3. The Morgan fingerprint density at radius 2 is 2.16 bits per heavy atom. The highest BCUT2D eigenvalue weighted by Gasteiger charge is 2.22. The van der Waals surface area contributed by atoms with Gasteiger partial charge in [-0.2, -0.15) is 0 Å². The van der Waals surface area contributed by atoms with E-state index in [0.717, 1.165) is 12.8 Å². The van der Waals surface area contributed by atoms with Crippen molar-refractivity contribution in [3.05, 3.63) is 18.2 Å². The molecular formula is C12H19N3O3S. The number of nitrogen functional groups attached to an aromatic ring is 1. The Labute approximate surface area is 113 Å². The Balaban J connectivity index is 2.25. The van der Waals surface area contributed by atoms with Gasteiger partial charge >= 0.3 is 0 Å². The number of nitrogens with two attached hydrogens (primary N) is 2.